The van der Waals surface area contributed by atoms with Crippen LogP contribution in [-0.2, 0) is 6.42 Å². The molecule has 27 heavy (non-hydrogen) atoms. The lowest BCUT2D eigenvalue weighted by molar-refractivity contribution is 0.0571. The number of methoxy groups -OCH3 is 1. The van der Waals surface area contributed by atoms with Gasteiger partial charge in [0.1, 0.15) is 5.75 Å². The number of carbonyl (C=O) groups is 1. The Morgan fingerprint density at radius 3 is 2.67 bits per heavy atom. The van der Waals surface area contributed by atoms with Crippen molar-refractivity contribution in [1.82, 2.24) is 4.90 Å². The fourth-order valence-electron chi connectivity index (χ4n) is 5.18. The van der Waals surface area contributed by atoms with Gasteiger partial charge in [-0.05, 0) is 61.9 Å². The summed E-state index contributed by atoms with van der Waals surface area (Å²) in [6, 6.07) is 16.3. The van der Waals surface area contributed by atoms with Gasteiger partial charge in [0.25, 0.3) is 5.91 Å². The van der Waals surface area contributed by atoms with E-state index in [1.807, 2.05) is 43.3 Å². The predicted molar refractivity (Wildman–Crippen MR) is 105 cm³/mol. The van der Waals surface area contributed by atoms with Crippen molar-refractivity contribution in [3.63, 3.8) is 0 Å². The van der Waals surface area contributed by atoms with Gasteiger partial charge >= 0.3 is 0 Å². The standard InChI is InChI=1S/C23H27NO3/c1-16-12-18(8-10-20(16)27-2)22(26)24-19-9-11-21(24)23(14-19,15-25)13-17-6-4-3-5-7-17/h3-8,10,12,19,21,25H,9,11,13-15H2,1-2H3/t19-,21+,23-/m0/s1. The lowest BCUT2D eigenvalue weighted by Crippen LogP contribution is -2.43. The summed E-state index contributed by atoms with van der Waals surface area (Å²) < 4.78 is 5.32. The zero-order chi connectivity index (χ0) is 19.0. The number of hydrogen-bond donors (Lipinski definition) is 1. The van der Waals surface area contributed by atoms with Crippen molar-refractivity contribution in [2.24, 2.45) is 5.41 Å². The van der Waals surface area contributed by atoms with Gasteiger partial charge in [-0.25, -0.2) is 0 Å². The minimum Gasteiger partial charge on any atom is -0.496 e. The number of aliphatic hydroxyl groups is 1. The molecule has 2 bridgehead atoms. The van der Waals surface area contributed by atoms with Crippen LogP contribution in [0.4, 0.5) is 0 Å². The number of rotatable bonds is 5. The third-order valence-corrected chi connectivity index (χ3v) is 6.44. The van der Waals surface area contributed by atoms with E-state index in [1.165, 1.54) is 5.56 Å². The van der Waals surface area contributed by atoms with Crippen LogP contribution in [0.1, 0.15) is 40.7 Å². The number of benzene rings is 2. The highest BCUT2D eigenvalue weighted by molar-refractivity contribution is 5.95. The average molecular weight is 365 g/mol. The molecule has 4 nitrogen and oxygen atoms in total. The molecule has 2 saturated heterocycles. The molecule has 0 saturated carbocycles. The van der Waals surface area contributed by atoms with Crippen molar-refractivity contribution in [1.29, 1.82) is 0 Å². The Hall–Kier alpha value is -2.33. The first-order chi connectivity index (χ1) is 13.1. The first-order valence-corrected chi connectivity index (χ1v) is 9.70. The van der Waals surface area contributed by atoms with E-state index in [1.54, 1.807) is 7.11 Å². The van der Waals surface area contributed by atoms with Gasteiger partial charge in [-0.15, -0.1) is 0 Å². The number of amides is 1. The number of aryl methyl sites for hydroxylation is 1. The van der Waals surface area contributed by atoms with Crippen LogP contribution in [0.3, 0.4) is 0 Å². The molecule has 3 atom stereocenters. The largest absolute Gasteiger partial charge is 0.496 e. The zero-order valence-electron chi connectivity index (χ0n) is 16.0. The van der Waals surface area contributed by atoms with Crippen LogP contribution in [0.25, 0.3) is 0 Å². The summed E-state index contributed by atoms with van der Waals surface area (Å²) in [5, 5.41) is 10.3. The van der Waals surface area contributed by atoms with Gasteiger partial charge in [-0.2, -0.15) is 0 Å². The molecule has 0 aliphatic carbocycles. The van der Waals surface area contributed by atoms with Crippen molar-refractivity contribution in [3.05, 3.63) is 65.2 Å². The molecule has 0 radical (unpaired) electrons. The monoisotopic (exact) mass is 365 g/mol. The van der Waals surface area contributed by atoms with Crippen LogP contribution in [-0.4, -0.2) is 41.7 Å². The lowest BCUT2D eigenvalue weighted by Gasteiger charge is -2.36. The van der Waals surface area contributed by atoms with Crippen molar-refractivity contribution in [2.45, 2.75) is 44.7 Å². The van der Waals surface area contributed by atoms with Gasteiger partial charge in [0.05, 0.1) is 13.7 Å². The summed E-state index contributed by atoms with van der Waals surface area (Å²) in [4.78, 5) is 15.4. The molecule has 2 aromatic rings. The van der Waals surface area contributed by atoms with E-state index in [9.17, 15) is 9.90 Å². The molecule has 2 aliphatic heterocycles. The molecule has 1 amide bonds. The van der Waals surface area contributed by atoms with E-state index < -0.39 is 0 Å². The van der Waals surface area contributed by atoms with Gasteiger partial charge in [0.15, 0.2) is 0 Å². The molecule has 0 unspecified atom stereocenters. The van der Waals surface area contributed by atoms with Crippen LogP contribution < -0.4 is 4.74 Å². The summed E-state index contributed by atoms with van der Waals surface area (Å²) in [5.74, 6) is 0.876. The SMILES string of the molecule is COc1ccc(C(=O)N2[C@H]3CC[C@@H]2[C@@](CO)(Cc2ccccc2)C3)cc1C. The second kappa shape index (κ2) is 7.01. The average Bonchev–Trinajstić information content (AvgIpc) is 3.24. The first kappa shape index (κ1) is 18.1. The van der Waals surface area contributed by atoms with Crippen molar-refractivity contribution >= 4 is 5.91 Å². The molecular weight excluding hydrogens is 338 g/mol. The van der Waals surface area contributed by atoms with Crippen molar-refractivity contribution < 1.29 is 14.6 Å². The van der Waals surface area contributed by atoms with Crippen LogP contribution in [0.15, 0.2) is 48.5 Å². The quantitative estimate of drug-likeness (QED) is 0.881. The Balaban J connectivity index is 1.61. The molecule has 2 aliphatic rings. The smallest absolute Gasteiger partial charge is 0.254 e. The Kier molecular flexibility index (Phi) is 4.68. The van der Waals surface area contributed by atoms with Crippen LogP contribution >= 0.6 is 0 Å². The van der Waals surface area contributed by atoms with E-state index >= 15 is 0 Å². The third kappa shape index (κ3) is 3.02. The lowest BCUT2D eigenvalue weighted by atomic mass is 9.70. The second-order valence-electron chi connectivity index (χ2n) is 8.03. The fraction of sp³-hybridized carbons (Fsp3) is 0.435. The molecule has 0 aromatic heterocycles. The molecule has 2 fully saturated rings. The molecule has 4 heteroatoms. The number of fused-ring (bicyclic) bond motifs is 2. The highest BCUT2D eigenvalue weighted by Crippen LogP contribution is 2.51. The number of ether oxygens (including phenoxy) is 1. The molecule has 142 valence electrons. The van der Waals surface area contributed by atoms with Gasteiger partial charge < -0.3 is 14.7 Å². The van der Waals surface area contributed by atoms with Gasteiger partial charge in [0, 0.05) is 23.1 Å². The molecule has 1 N–H and O–H groups in total. The maximum absolute atomic E-state index is 13.3. The zero-order valence-corrected chi connectivity index (χ0v) is 16.0. The summed E-state index contributed by atoms with van der Waals surface area (Å²) >= 11 is 0. The molecule has 4 rings (SSSR count). The maximum Gasteiger partial charge on any atom is 0.254 e. The van der Waals surface area contributed by atoms with E-state index in [4.69, 9.17) is 4.74 Å². The molecule has 2 aromatic carbocycles. The predicted octanol–water partition coefficient (Wildman–Crippen LogP) is 3.60. The minimum atomic E-state index is -0.235. The summed E-state index contributed by atoms with van der Waals surface area (Å²) in [6.07, 6.45) is 3.70. The van der Waals surface area contributed by atoms with Crippen molar-refractivity contribution in [2.75, 3.05) is 13.7 Å². The van der Waals surface area contributed by atoms with Gasteiger partial charge in [-0.3, -0.25) is 4.79 Å². The van der Waals surface area contributed by atoms with Gasteiger partial charge in [0.2, 0.25) is 0 Å². The third-order valence-electron chi connectivity index (χ3n) is 6.44. The van der Waals surface area contributed by atoms with E-state index in [-0.39, 0.29) is 30.0 Å². The Morgan fingerprint density at radius 2 is 2.00 bits per heavy atom. The highest BCUT2D eigenvalue weighted by atomic mass is 16.5. The van der Waals surface area contributed by atoms with Crippen LogP contribution in [0, 0.1) is 12.3 Å². The summed E-state index contributed by atoms with van der Waals surface area (Å²) in [7, 11) is 1.64. The normalized spacial score (nSPS) is 26.4. The number of aliphatic hydroxyl groups excluding tert-OH is 1. The van der Waals surface area contributed by atoms with Crippen LogP contribution in [0.5, 0.6) is 5.75 Å². The van der Waals surface area contributed by atoms with E-state index in [0.29, 0.717) is 5.56 Å². The highest BCUT2D eigenvalue weighted by Gasteiger charge is 2.57. The summed E-state index contributed by atoms with van der Waals surface area (Å²) in [6.45, 7) is 2.08. The Labute approximate surface area is 160 Å². The molecule has 2 heterocycles. The van der Waals surface area contributed by atoms with Crippen molar-refractivity contribution in [3.8, 4) is 5.75 Å². The Morgan fingerprint density at radius 1 is 1.22 bits per heavy atom. The topological polar surface area (TPSA) is 49.8 Å². The fourth-order valence-corrected chi connectivity index (χ4v) is 5.18. The minimum absolute atomic E-state index is 0.0802. The molecule has 0 spiro atoms. The number of nitrogens with zero attached hydrogens (tertiary/aromatic N) is 1. The molecular formula is C23H27NO3. The van der Waals surface area contributed by atoms with E-state index in [2.05, 4.69) is 17.0 Å². The van der Waals surface area contributed by atoms with Gasteiger partial charge in [-0.1, -0.05) is 30.3 Å². The Bertz CT molecular complexity index is 835. The maximum atomic E-state index is 13.3. The summed E-state index contributed by atoms with van der Waals surface area (Å²) in [5.41, 5.74) is 2.67. The van der Waals surface area contributed by atoms with E-state index in [0.717, 1.165) is 37.0 Å². The first-order valence-electron chi connectivity index (χ1n) is 9.70. The second-order valence-corrected chi connectivity index (χ2v) is 8.03. The number of hydrogen-bond acceptors (Lipinski definition) is 3. The van der Waals surface area contributed by atoms with Crippen LogP contribution in [0.2, 0.25) is 0 Å². The number of carbonyl (C=O) groups excluding carboxylic acids is 1.